The predicted molar refractivity (Wildman–Crippen MR) is 133 cm³/mol. The molecular weight excluding hydrogens is 446 g/mol. The van der Waals surface area contributed by atoms with Crippen LogP contribution in [0, 0.1) is 22.0 Å². The Bertz CT molecular complexity index is 909. The van der Waals surface area contributed by atoms with Crippen LogP contribution >= 0.6 is 0 Å². The number of nitro groups is 1. The molecule has 4 rings (SSSR count). The zero-order chi connectivity index (χ0) is 25.1. The summed E-state index contributed by atoms with van der Waals surface area (Å²) in [6.45, 7) is 6.30. The monoisotopic (exact) mass is 485 g/mol. The number of nitro benzene ring substituents is 1. The van der Waals surface area contributed by atoms with Crippen molar-refractivity contribution in [2.75, 3.05) is 13.1 Å². The maximum atomic E-state index is 13.4. The number of hydrogen-bond acceptors (Lipinski definition) is 6. The number of non-ortho nitro benzene ring substituents is 1. The third-order valence-electron chi connectivity index (χ3n) is 7.56. The molecular formula is C26H39N5O4. The number of nitrogens with one attached hydrogen (secondary N) is 1. The molecule has 1 aromatic carbocycles. The van der Waals surface area contributed by atoms with E-state index in [-0.39, 0.29) is 41.5 Å². The Morgan fingerprint density at radius 3 is 2.37 bits per heavy atom. The maximum absolute atomic E-state index is 13.4. The van der Waals surface area contributed by atoms with E-state index in [4.69, 9.17) is 5.73 Å². The van der Waals surface area contributed by atoms with Gasteiger partial charge in [-0.3, -0.25) is 24.6 Å². The molecule has 1 saturated heterocycles. The van der Waals surface area contributed by atoms with Gasteiger partial charge in [-0.15, -0.1) is 0 Å². The largest absolute Gasteiger partial charge is 0.352 e. The van der Waals surface area contributed by atoms with Crippen molar-refractivity contribution in [2.45, 2.75) is 89.5 Å². The second-order valence-corrected chi connectivity index (χ2v) is 11.0. The van der Waals surface area contributed by atoms with Gasteiger partial charge in [0, 0.05) is 55.8 Å². The third-order valence-corrected chi connectivity index (χ3v) is 7.56. The molecule has 2 unspecified atom stereocenters. The molecule has 192 valence electrons. The van der Waals surface area contributed by atoms with Crippen LogP contribution in [0.2, 0.25) is 0 Å². The summed E-state index contributed by atoms with van der Waals surface area (Å²) >= 11 is 0. The molecule has 0 radical (unpaired) electrons. The summed E-state index contributed by atoms with van der Waals surface area (Å²) in [6.07, 6.45) is 6.04. The fraction of sp³-hybridized carbons (Fsp3) is 0.692. The van der Waals surface area contributed by atoms with Crippen molar-refractivity contribution < 1.29 is 14.5 Å². The Morgan fingerprint density at radius 2 is 1.80 bits per heavy atom. The minimum atomic E-state index is -0.449. The van der Waals surface area contributed by atoms with E-state index in [0.29, 0.717) is 25.4 Å². The van der Waals surface area contributed by atoms with Crippen LogP contribution in [0.15, 0.2) is 24.3 Å². The Kier molecular flexibility index (Phi) is 8.06. The van der Waals surface area contributed by atoms with Crippen molar-refractivity contribution in [3.63, 3.8) is 0 Å². The highest BCUT2D eigenvalue weighted by Crippen LogP contribution is 2.35. The standard InChI is InChI=1S/C26H39N5O4/c1-17(2)14-29(15-18-3-11-22(12-4-18)31(34)35)23-13-24(30(16-23)26(33)19-5-6-19)25(32)28-21-9-7-20(27)8-10-21/h3-4,11-12,17,19-21,23-24H,5-10,13-16,27H2,1-2H3,(H,28,32). The zero-order valence-corrected chi connectivity index (χ0v) is 20.9. The molecule has 2 saturated carbocycles. The van der Waals surface area contributed by atoms with Crippen LogP contribution in [0.5, 0.6) is 0 Å². The summed E-state index contributed by atoms with van der Waals surface area (Å²) in [5.41, 5.74) is 7.09. The van der Waals surface area contributed by atoms with Crippen molar-refractivity contribution in [3.8, 4) is 0 Å². The normalized spacial score (nSPS) is 26.8. The fourth-order valence-electron chi connectivity index (χ4n) is 5.47. The molecule has 3 fully saturated rings. The number of benzene rings is 1. The Balaban J connectivity index is 1.48. The van der Waals surface area contributed by atoms with Gasteiger partial charge in [0.25, 0.3) is 5.69 Å². The van der Waals surface area contributed by atoms with E-state index >= 15 is 0 Å². The highest BCUT2D eigenvalue weighted by atomic mass is 16.6. The first-order chi connectivity index (χ1) is 16.7. The van der Waals surface area contributed by atoms with E-state index < -0.39 is 11.0 Å². The molecule has 0 aromatic heterocycles. The summed E-state index contributed by atoms with van der Waals surface area (Å²) in [4.78, 5) is 41.3. The van der Waals surface area contributed by atoms with E-state index in [9.17, 15) is 19.7 Å². The number of nitrogens with two attached hydrogens (primary N) is 1. The van der Waals surface area contributed by atoms with Crippen LogP contribution in [0.25, 0.3) is 0 Å². The van der Waals surface area contributed by atoms with Crippen LogP contribution in [0.4, 0.5) is 5.69 Å². The molecule has 1 aliphatic heterocycles. The summed E-state index contributed by atoms with van der Waals surface area (Å²) in [5.74, 6) is 0.532. The minimum Gasteiger partial charge on any atom is -0.352 e. The highest BCUT2D eigenvalue weighted by molar-refractivity contribution is 5.90. The van der Waals surface area contributed by atoms with Crippen LogP contribution in [-0.4, -0.2) is 63.8 Å². The lowest BCUT2D eigenvalue weighted by atomic mass is 9.91. The van der Waals surface area contributed by atoms with Crippen molar-refractivity contribution in [3.05, 3.63) is 39.9 Å². The van der Waals surface area contributed by atoms with Gasteiger partial charge < -0.3 is 16.0 Å². The van der Waals surface area contributed by atoms with Crippen molar-refractivity contribution >= 4 is 17.5 Å². The topological polar surface area (TPSA) is 122 Å². The number of likely N-dealkylation sites (tertiary alicyclic amines) is 1. The summed E-state index contributed by atoms with van der Waals surface area (Å²) in [5, 5.41) is 14.2. The lowest BCUT2D eigenvalue weighted by Gasteiger charge is -2.30. The zero-order valence-electron chi connectivity index (χ0n) is 20.9. The van der Waals surface area contributed by atoms with Gasteiger partial charge in [-0.2, -0.15) is 0 Å². The van der Waals surface area contributed by atoms with Crippen molar-refractivity contribution in [1.29, 1.82) is 0 Å². The van der Waals surface area contributed by atoms with E-state index in [0.717, 1.165) is 50.6 Å². The Labute approximate surface area is 207 Å². The quantitative estimate of drug-likeness (QED) is 0.410. The number of carbonyl (C=O) groups is 2. The number of rotatable bonds is 9. The first kappa shape index (κ1) is 25.6. The van der Waals surface area contributed by atoms with E-state index in [1.54, 1.807) is 12.1 Å². The summed E-state index contributed by atoms with van der Waals surface area (Å²) < 4.78 is 0. The Hall–Kier alpha value is -2.52. The molecule has 1 heterocycles. The van der Waals surface area contributed by atoms with E-state index in [1.165, 1.54) is 12.1 Å². The van der Waals surface area contributed by atoms with Gasteiger partial charge >= 0.3 is 0 Å². The van der Waals surface area contributed by atoms with Gasteiger partial charge in [0.1, 0.15) is 6.04 Å². The van der Waals surface area contributed by atoms with Gasteiger partial charge in [0.05, 0.1) is 4.92 Å². The minimum absolute atomic E-state index is 0.0400. The molecule has 9 heteroatoms. The number of hydrogen-bond donors (Lipinski definition) is 2. The molecule has 3 N–H and O–H groups in total. The van der Waals surface area contributed by atoms with Crippen LogP contribution in [-0.2, 0) is 16.1 Å². The molecule has 2 aliphatic carbocycles. The second-order valence-electron chi connectivity index (χ2n) is 11.0. The molecule has 2 amide bonds. The maximum Gasteiger partial charge on any atom is 0.269 e. The molecule has 1 aromatic rings. The fourth-order valence-corrected chi connectivity index (χ4v) is 5.47. The summed E-state index contributed by atoms with van der Waals surface area (Å²) in [7, 11) is 0. The van der Waals surface area contributed by atoms with Gasteiger partial charge in [0.2, 0.25) is 11.8 Å². The molecule has 9 nitrogen and oxygen atoms in total. The van der Waals surface area contributed by atoms with Gasteiger partial charge in [-0.05, 0) is 56.4 Å². The number of carbonyl (C=O) groups excluding carboxylic acids is 2. The highest BCUT2D eigenvalue weighted by Gasteiger charge is 2.46. The average molecular weight is 486 g/mol. The first-order valence-corrected chi connectivity index (χ1v) is 13.0. The second kappa shape index (κ2) is 11.0. The van der Waals surface area contributed by atoms with Gasteiger partial charge in [0.15, 0.2) is 0 Å². The van der Waals surface area contributed by atoms with Crippen LogP contribution in [0.1, 0.15) is 64.4 Å². The summed E-state index contributed by atoms with van der Waals surface area (Å²) in [6, 6.07) is 6.62. The first-order valence-electron chi connectivity index (χ1n) is 13.0. The predicted octanol–water partition coefficient (Wildman–Crippen LogP) is 2.82. The lowest BCUT2D eigenvalue weighted by molar-refractivity contribution is -0.384. The van der Waals surface area contributed by atoms with Gasteiger partial charge in [-0.25, -0.2) is 0 Å². The lowest BCUT2D eigenvalue weighted by Crippen LogP contribution is -2.50. The van der Waals surface area contributed by atoms with Crippen LogP contribution in [0.3, 0.4) is 0 Å². The number of amides is 2. The average Bonchev–Trinajstić information content (AvgIpc) is 3.57. The van der Waals surface area contributed by atoms with E-state index in [1.807, 2.05) is 4.90 Å². The van der Waals surface area contributed by atoms with Crippen molar-refractivity contribution in [1.82, 2.24) is 15.1 Å². The number of nitrogens with zero attached hydrogens (tertiary/aromatic N) is 3. The van der Waals surface area contributed by atoms with Crippen molar-refractivity contribution in [2.24, 2.45) is 17.6 Å². The molecule has 2 atom stereocenters. The van der Waals surface area contributed by atoms with Gasteiger partial charge in [-0.1, -0.05) is 26.0 Å². The smallest absolute Gasteiger partial charge is 0.269 e. The van der Waals surface area contributed by atoms with Crippen LogP contribution < -0.4 is 11.1 Å². The SMILES string of the molecule is CC(C)CN(Cc1ccc([N+](=O)[O-])cc1)C1CC(C(=O)NC2CCC(N)CC2)N(C(=O)C2CC2)C1. The Morgan fingerprint density at radius 1 is 1.14 bits per heavy atom. The molecule has 35 heavy (non-hydrogen) atoms. The molecule has 3 aliphatic rings. The molecule has 0 bridgehead atoms. The van der Waals surface area contributed by atoms with E-state index in [2.05, 4.69) is 24.1 Å². The third kappa shape index (κ3) is 6.58. The molecule has 0 spiro atoms.